The van der Waals surface area contributed by atoms with Gasteiger partial charge in [0.05, 0.1) is 5.92 Å². The van der Waals surface area contributed by atoms with Crippen LogP contribution in [-0.2, 0) is 13.1 Å². The Morgan fingerprint density at radius 1 is 1.25 bits per heavy atom. The molecule has 1 saturated heterocycles. The number of piperidine rings is 1. The lowest BCUT2D eigenvalue weighted by molar-refractivity contribution is -0.185. The highest BCUT2D eigenvalue weighted by Gasteiger charge is 2.40. The summed E-state index contributed by atoms with van der Waals surface area (Å²) in [5.41, 5.74) is 9.01. The second-order valence-electron chi connectivity index (χ2n) is 5.56. The number of aryl methyl sites for hydroxylation is 1. The number of hydrogen-bond donors (Lipinski definition) is 1. The SMILES string of the molecule is Cc1cc(CN)ccc1CN1CCC(C(F)(F)F)CC1. The van der Waals surface area contributed by atoms with Gasteiger partial charge in [-0.3, -0.25) is 4.90 Å². The Bertz CT molecular complexity index is 449. The third-order valence-electron chi connectivity index (χ3n) is 4.09. The van der Waals surface area contributed by atoms with Crippen molar-refractivity contribution in [3.63, 3.8) is 0 Å². The summed E-state index contributed by atoms with van der Waals surface area (Å²) in [5, 5.41) is 0. The van der Waals surface area contributed by atoms with E-state index in [0.29, 0.717) is 19.6 Å². The van der Waals surface area contributed by atoms with Crippen LogP contribution >= 0.6 is 0 Å². The standard InChI is InChI=1S/C15H21F3N2/c1-11-8-12(9-19)2-3-13(11)10-20-6-4-14(5-7-20)15(16,17)18/h2-3,8,14H,4-7,9-10,19H2,1H3. The van der Waals surface area contributed by atoms with Crippen molar-refractivity contribution in [3.05, 3.63) is 34.9 Å². The minimum absolute atomic E-state index is 0.212. The Morgan fingerprint density at radius 2 is 1.90 bits per heavy atom. The highest BCUT2D eigenvalue weighted by atomic mass is 19.4. The maximum Gasteiger partial charge on any atom is 0.391 e. The molecule has 0 unspecified atom stereocenters. The first-order valence-corrected chi connectivity index (χ1v) is 6.97. The van der Waals surface area contributed by atoms with Crippen molar-refractivity contribution in [3.8, 4) is 0 Å². The fourth-order valence-electron chi connectivity index (χ4n) is 2.72. The molecule has 1 aliphatic heterocycles. The van der Waals surface area contributed by atoms with Crippen molar-refractivity contribution >= 4 is 0 Å². The van der Waals surface area contributed by atoms with Crippen LogP contribution in [-0.4, -0.2) is 24.2 Å². The van der Waals surface area contributed by atoms with Gasteiger partial charge in [0, 0.05) is 13.1 Å². The molecule has 0 aromatic heterocycles. The molecule has 20 heavy (non-hydrogen) atoms. The van der Waals surface area contributed by atoms with Crippen LogP contribution in [0.1, 0.15) is 29.5 Å². The Morgan fingerprint density at radius 3 is 2.40 bits per heavy atom. The molecule has 0 amide bonds. The molecule has 2 nitrogen and oxygen atoms in total. The van der Waals surface area contributed by atoms with Gasteiger partial charge in [0.1, 0.15) is 0 Å². The third-order valence-corrected chi connectivity index (χ3v) is 4.09. The monoisotopic (exact) mass is 286 g/mol. The Labute approximate surface area is 117 Å². The van der Waals surface area contributed by atoms with E-state index in [1.165, 1.54) is 5.56 Å². The van der Waals surface area contributed by atoms with Crippen LogP contribution < -0.4 is 5.73 Å². The van der Waals surface area contributed by atoms with Crippen LogP contribution in [0.2, 0.25) is 0 Å². The second-order valence-corrected chi connectivity index (χ2v) is 5.56. The van der Waals surface area contributed by atoms with E-state index in [0.717, 1.165) is 17.7 Å². The van der Waals surface area contributed by atoms with Crippen LogP contribution in [0, 0.1) is 12.8 Å². The van der Waals surface area contributed by atoms with Gasteiger partial charge in [-0.1, -0.05) is 18.2 Å². The van der Waals surface area contributed by atoms with Crippen molar-refractivity contribution in [2.24, 2.45) is 11.7 Å². The summed E-state index contributed by atoms with van der Waals surface area (Å²) in [6, 6.07) is 6.08. The smallest absolute Gasteiger partial charge is 0.326 e. The summed E-state index contributed by atoms with van der Waals surface area (Å²) in [7, 11) is 0. The zero-order valence-corrected chi connectivity index (χ0v) is 11.7. The molecule has 1 aromatic rings. The minimum Gasteiger partial charge on any atom is -0.326 e. The molecule has 0 bridgehead atoms. The van der Waals surface area contributed by atoms with E-state index in [9.17, 15) is 13.2 Å². The quantitative estimate of drug-likeness (QED) is 0.924. The maximum absolute atomic E-state index is 12.6. The van der Waals surface area contributed by atoms with Crippen molar-refractivity contribution in [1.29, 1.82) is 0 Å². The molecule has 0 radical (unpaired) electrons. The molecule has 0 spiro atoms. The van der Waals surface area contributed by atoms with Crippen molar-refractivity contribution < 1.29 is 13.2 Å². The molecule has 1 aliphatic rings. The molecule has 0 saturated carbocycles. The van der Waals surface area contributed by atoms with Crippen LogP contribution in [0.3, 0.4) is 0 Å². The highest BCUT2D eigenvalue weighted by Crippen LogP contribution is 2.34. The lowest BCUT2D eigenvalue weighted by atomic mass is 9.95. The van der Waals surface area contributed by atoms with Crippen LogP contribution in [0.4, 0.5) is 13.2 Å². The van der Waals surface area contributed by atoms with E-state index < -0.39 is 12.1 Å². The zero-order chi connectivity index (χ0) is 14.8. The highest BCUT2D eigenvalue weighted by molar-refractivity contribution is 5.31. The molecule has 1 heterocycles. The molecule has 5 heteroatoms. The van der Waals surface area contributed by atoms with Crippen molar-refractivity contribution in [1.82, 2.24) is 4.90 Å². The Balaban J connectivity index is 1.93. The topological polar surface area (TPSA) is 29.3 Å². The number of halogens is 3. The van der Waals surface area contributed by atoms with E-state index in [-0.39, 0.29) is 12.8 Å². The minimum atomic E-state index is -4.04. The fraction of sp³-hybridized carbons (Fsp3) is 0.600. The first-order chi connectivity index (χ1) is 9.40. The molecular formula is C15H21F3N2. The van der Waals surface area contributed by atoms with Gasteiger partial charge >= 0.3 is 6.18 Å². The normalized spacial score (nSPS) is 18.4. The summed E-state index contributed by atoms with van der Waals surface area (Å²) >= 11 is 0. The van der Waals surface area contributed by atoms with E-state index in [1.54, 1.807) is 0 Å². The molecule has 1 fully saturated rings. The van der Waals surface area contributed by atoms with Gasteiger partial charge in [0.15, 0.2) is 0 Å². The summed E-state index contributed by atoms with van der Waals surface area (Å²) in [5.74, 6) is -1.13. The van der Waals surface area contributed by atoms with Gasteiger partial charge in [-0.25, -0.2) is 0 Å². The number of rotatable bonds is 3. The maximum atomic E-state index is 12.6. The summed E-state index contributed by atoms with van der Waals surface area (Å²) < 4.78 is 37.8. The number of alkyl halides is 3. The van der Waals surface area contributed by atoms with Gasteiger partial charge in [-0.15, -0.1) is 0 Å². The van der Waals surface area contributed by atoms with Gasteiger partial charge < -0.3 is 5.73 Å². The fourth-order valence-corrected chi connectivity index (χ4v) is 2.72. The summed E-state index contributed by atoms with van der Waals surface area (Å²) in [6.45, 7) is 4.29. The Hall–Kier alpha value is -1.07. The lowest BCUT2D eigenvalue weighted by Gasteiger charge is -2.33. The lowest BCUT2D eigenvalue weighted by Crippen LogP contribution is -2.38. The van der Waals surface area contributed by atoms with Gasteiger partial charge in [0.25, 0.3) is 0 Å². The van der Waals surface area contributed by atoms with E-state index >= 15 is 0 Å². The average molecular weight is 286 g/mol. The first-order valence-electron chi connectivity index (χ1n) is 6.97. The molecule has 1 aromatic carbocycles. The third kappa shape index (κ3) is 3.73. The molecule has 0 aliphatic carbocycles. The van der Waals surface area contributed by atoms with E-state index in [2.05, 4.69) is 11.0 Å². The van der Waals surface area contributed by atoms with Crippen molar-refractivity contribution in [2.75, 3.05) is 13.1 Å². The molecular weight excluding hydrogens is 265 g/mol. The van der Waals surface area contributed by atoms with Gasteiger partial charge in [0.2, 0.25) is 0 Å². The summed E-state index contributed by atoms with van der Waals surface area (Å²) in [4.78, 5) is 2.10. The number of nitrogens with two attached hydrogens (primary N) is 1. The average Bonchev–Trinajstić information content (AvgIpc) is 2.40. The number of nitrogens with zero attached hydrogens (tertiary/aromatic N) is 1. The second kappa shape index (κ2) is 6.14. The largest absolute Gasteiger partial charge is 0.391 e. The molecule has 2 rings (SSSR count). The van der Waals surface area contributed by atoms with Gasteiger partial charge in [-0.2, -0.15) is 13.2 Å². The van der Waals surface area contributed by atoms with Crippen molar-refractivity contribution in [2.45, 2.75) is 39.0 Å². The first kappa shape index (κ1) is 15.3. The molecule has 0 atom stereocenters. The number of benzene rings is 1. The molecule has 112 valence electrons. The zero-order valence-electron chi connectivity index (χ0n) is 11.7. The van der Waals surface area contributed by atoms with Crippen LogP contribution in [0.15, 0.2) is 18.2 Å². The number of hydrogen-bond acceptors (Lipinski definition) is 2. The predicted molar refractivity (Wildman–Crippen MR) is 73.1 cm³/mol. The van der Waals surface area contributed by atoms with E-state index in [4.69, 9.17) is 5.73 Å². The van der Waals surface area contributed by atoms with Crippen LogP contribution in [0.5, 0.6) is 0 Å². The molecule has 2 N–H and O–H groups in total. The Kier molecular flexibility index (Phi) is 4.70. The number of likely N-dealkylation sites (tertiary alicyclic amines) is 1. The van der Waals surface area contributed by atoms with E-state index in [1.807, 2.05) is 19.1 Å². The predicted octanol–water partition coefficient (Wildman–Crippen LogP) is 3.23. The van der Waals surface area contributed by atoms with Gasteiger partial charge in [-0.05, 0) is 49.5 Å². The van der Waals surface area contributed by atoms with Crippen LogP contribution in [0.25, 0.3) is 0 Å². The summed E-state index contributed by atoms with van der Waals surface area (Å²) in [6.07, 6.45) is -3.61.